The number of carboxylic acids is 1. The van der Waals surface area contributed by atoms with E-state index in [1.807, 2.05) is 6.92 Å². The summed E-state index contributed by atoms with van der Waals surface area (Å²) in [6.07, 6.45) is 0. The third-order valence-corrected chi connectivity index (χ3v) is 6.47. The molecule has 0 unspecified atom stereocenters. The van der Waals surface area contributed by atoms with Gasteiger partial charge >= 0.3 is 5.97 Å². The predicted octanol–water partition coefficient (Wildman–Crippen LogP) is 2.00. The van der Waals surface area contributed by atoms with E-state index >= 15 is 0 Å². The van der Waals surface area contributed by atoms with E-state index in [1.54, 1.807) is 13.0 Å². The Hall–Kier alpha value is -1.29. The molecule has 0 aliphatic carbocycles. The molecule has 9 heteroatoms. The molecule has 2 aromatic rings. The lowest BCUT2D eigenvalue weighted by Crippen LogP contribution is -2.22. The van der Waals surface area contributed by atoms with E-state index in [0.717, 1.165) is 16.2 Å². The SMILES string of the molecule is Cc1ccc(S(=O)(=O)NCc2nc(C)c(C(=O)O)s2)s1. The zero-order valence-electron chi connectivity index (χ0n) is 10.7. The molecule has 0 fully saturated rings. The van der Waals surface area contributed by atoms with E-state index in [0.29, 0.717) is 10.7 Å². The fourth-order valence-corrected chi connectivity index (χ4v) is 4.76. The van der Waals surface area contributed by atoms with Crippen LogP contribution >= 0.6 is 22.7 Å². The Kier molecular flexibility index (Phi) is 4.23. The molecule has 6 nitrogen and oxygen atoms in total. The van der Waals surface area contributed by atoms with E-state index in [9.17, 15) is 13.2 Å². The first kappa shape index (κ1) is 15.1. The lowest BCUT2D eigenvalue weighted by atomic mass is 10.4. The molecule has 0 atom stereocenters. The fourth-order valence-electron chi connectivity index (χ4n) is 1.51. The first-order valence-corrected chi connectivity index (χ1v) is 8.67. The Bertz CT molecular complexity index is 746. The number of aryl methyl sites for hydroxylation is 2. The van der Waals surface area contributed by atoms with Gasteiger partial charge in [0, 0.05) is 4.88 Å². The largest absolute Gasteiger partial charge is 0.477 e. The minimum atomic E-state index is -3.57. The first-order valence-electron chi connectivity index (χ1n) is 5.55. The number of nitrogens with zero attached hydrogens (tertiary/aromatic N) is 1. The molecule has 0 aliphatic heterocycles. The molecule has 0 aliphatic rings. The van der Waals surface area contributed by atoms with Crippen molar-refractivity contribution in [2.75, 3.05) is 0 Å². The number of nitrogens with one attached hydrogen (secondary N) is 1. The Morgan fingerprint density at radius 2 is 2.05 bits per heavy atom. The van der Waals surface area contributed by atoms with Gasteiger partial charge in [0.25, 0.3) is 0 Å². The second kappa shape index (κ2) is 5.60. The van der Waals surface area contributed by atoms with Gasteiger partial charge in [0.15, 0.2) is 0 Å². The molecule has 2 N–H and O–H groups in total. The van der Waals surface area contributed by atoms with Gasteiger partial charge in [-0.1, -0.05) is 0 Å². The van der Waals surface area contributed by atoms with Gasteiger partial charge < -0.3 is 5.11 Å². The molecule has 0 amide bonds. The van der Waals surface area contributed by atoms with Crippen molar-refractivity contribution in [3.8, 4) is 0 Å². The van der Waals surface area contributed by atoms with Crippen LogP contribution in [0.4, 0.5) is 0 Å². The second-order valence-electron chi connectivity index (χ2n) is 4.02. The van der Waals surface area contributed by atoms with Crippen molar-refractivity contribution in [3.05, 3.63) is 32.6 Å². The lowest BCUT2D eigenvalue weighted by molar-refractivity contribution is 0.0701. The van der Waals surface area contributed by atoms with Crippen LogP contribution in [0.1, 0.15) is 25.3 Å². The highest BCUT2D eigenvalue weighted by atomic mass is 32.2. The molecule has 0 saturated heterocycles. The molecular weight excluding hydrogens is 320 g/mol. The van der Waals surface area contributed by atoms with Crippen LogP contribution in [0.15, 0.2) is 16.3 Å². The zero-order valence-corrected chi connectivity index (χ0v) is 13.2. The van der Waals surface area contributed by atoms with Crippen LogP contribution in [0, 0.1) is 13.8 Å². The molecule has 0 bridgehead atoms. The molecule has 0 aromatic carbocycles. The Labute approximate surface area is 124 Å². The number of hydrogen-bond donors (Lipinski definition) is 2. The maximum atomic E-state index is 12.0. The lowest BCUT2D eigenvalue weighted by Gasteiger charge is -2.01. The normalized spacial score (nSPS) is 11.7. The number of sulfonamides is 1. The van der Waals surface area contributed by atoms with Crippen molar-refractivity contribution in [1.82, 2.24) is 9.71 Å². The number of carbonyl (C=O) groups is 1. The highest BCUT2D eigenvalue weighted by Gasteiger charge is 2.18. The zero-order chi connectivity index (χ0) is 14.9. The summed E-state index contributed by atoms with van der Waals surface area (Å²) in [6.45, 7) is 3.39. The van der Waals surface area contributed by atoms with Gasteiger partial charge in [-0.25, -0.2) is 22.9 Å². The molecule has 2 rings (SSSR count). The molecule has 108 valence electrons. The summed E-state index contributed by atoms with van der Waals surface area (Å²) in [6, 6.07) is 3.27. The van der Waals surface area contributed by atoms with Crippen LogP contribution in [-0.4, -0.2) is 24.5 Å². The van der Waals surface area contributed by atoms with Crippen molar-refractivity contribution < 1.29 is 18.3 Å². The summed E-state index contributed by atoms with van der Waals surface area (Å²) in [5, 5.41) is 9.35. The number of aromatic carboxylic acids is 1. The third kappa shape index (κ3) is 3.23. The summed E-state index contributed by atoms with van der Waals surface area (Å²) < 4.78 is 26.7. The molecule has 0 saturated carbocycles. The number of carboxylic acid groups (broad SMARTS) is 1. The van der Waals surface area contributed by atoms with Crippen LogP contribution in [0.2, 0.25) is 0 Å². The van der Waals surface area contributed by atoms with Gasteiger partial charge in [0.1, 0.15) is 14.1 Å². The quantitative estimate of drug-likeness (QED) is 0.873. The van der Waals surface area contributed by atoms with Gasteiger partial charge in [-0.3, -0.25) is 0 Å². The van der Waals surface area contributed by atoms with Crippen molar-refractivity contribution in [3.63, 3.8) is 0 Å². The van der Waals surface area contributed by atoms with E-state index in [-0.39, 0.29) is 15.6 Å². The standard InChI is InChI=1S/C11H12N2O4S3/c1-6-3-4-9(18-6)20(16,17)12-5-8-13-7(2)10(19-8)11(14)15/h3-4,12H,5H2,1-2H3,(H,14,15). The molecule has 2 heterocycles. The topological polar surface area (TPSA) is 96.4 Å². The minimum Gasteiger partial charge on any atom is -0.477 e. The molecular formula is C11H12N2O4S3. The summed E-state index contributed by atoms with van der Waals surface area (Å²) in [5.74, 6) is -1.05. The Morgan fingerprint density at radius 1 is 1.35 bits per heavy atom. The maximum Gasteiger partial charge on any atom is 0.347 e. The maximum absolute atomic E-state index is 12.0. The average molecular weight is 332 g/mol. The third-order valence-electron chi connectivity index (χ3n) is 2.43. The highest BCUT2D eigenvalue weighted by Crippen LogP contribution is 2.22. The van der Waals surface area contributed by atoms with Gasteiger partial charge in [-0.15, -0.1) is 22.7 Å². The van der Waals surface area contributed by atoms with Crippen molar-refractivity contribution >= 4 is 38.7 Å². The summed E-state index contributed by atoms with van der Waals surface area (Å²) in [5.41, 5.74) is 0.392. The van der Waals surface area contributed by atoms with Gasteiger partial charge in [0.2, 0.25) is 10.0 Å². The predicted molar refractivity (Wildman–Crippen MR) is 76.9 cm³/mol. The van der Waals surface area contributed by atoms with E-state index in [2.05, 4.69) is 9.71 Å². The van der Waals surface area contributed by atoms with Crippen LogP contribution < -0.4 is 4.72 Å². The van der Waals surface area contributed by atoms with Gasteiger partial charge in [0.05, 0.1) is 12.2 Å². The van der Waals surface area contributed by atoms with Gasteiger partial charge in [-0.2, -0.15) is 0 Å². The molecule has 0 radical (unpaired) electrons. The number of thiophene rings is 1. The summed E-state index contributed by atoms with van der Waals surface area (Å²) in [4.78, 5) is 16.0. The minimum absolute atomic E-state index is 0.0158. The van der Waals surface area contributed by atoms with Crippen molar-refractivity contribution in [2.24, 2.45) is 0 Å². The van der Waals surface area contributed by atoms with E-state index in [1.165, 1.54) is 17.4 Å². The summed E-state index contributed by atoms with van der Waals surface area (Å²) >= 11 is 2.16. The fraction of sp³-hybridized carbons (Fsp3) is 0.273. The van der Waals surface area contributed by atoms with E-state index in [4.69, 9.17) is 5.11 Å². The van der Waals surface area contributed by atoms with Crippen LogP contribution in [-0.2, 0) is 16.6 Å². The summed E-state index contributed by atoms with van der Waals surface area (Å²) in [7, 11) is -3.57. The van der Waals surface area contributed by atoms with Crippen LogP contribution in [0.3, 0.4) is 0 Å². The highest BCUT2D eigenvalue weighted by molar-refractivity contribution is 7.91. The monoisotopic (exact) mass is 332 g/mol. The van der Waals surface area contributed by atoms with Crippen molar-refractivity contribution in [2.45, 2.75) is 24.6 Å². The van der Waals surface area contributed by atoms with E-state index < -0.39 is 16.0 Å². The number of hydrogen-bond acceptors (Lipinski definition) is 6. The number of aromatic nitrogens is 1. The van der Waals surface area contributed by atoms with Crippen molar-refractivity contribution in [1.29, 1.82) is 0 Å². The molecule has 0 spiro atoms. The average Bonchev–Trinajstić information content (AvgIpc) is 2.93. The van der Waals surface area contributed by atoms with Crippen LogP contribution in [0.5, 0.6) is 0 Å². The number of rotatable bonds is 5. The van der Waals surface area contributed by atoms with Crippen LogP contribution in [0.25, 0.3) is 0 Å². The second-order valence-corrected chi connectivity index (χ2v) is 8.38. The molecule has 20 heavy (non-hydrogen) atoms. The van der Waals surface area contributed by atoms with Gasteiger partial charge in [-0.05, 0) is 26.0 Å². The first-order chi connectivity index (χ1) is 9.29. The Balaban J connectivity index is 2.12. The Morgan fingerprint density at radius 3 is 2.55 bits per heavy atom. The smallest absolute Gasteiger partial charge is 0.347 e. The molecule has 2 aromatic heterocycles. The number of thiazole rings is 1.